The first-order valence-corrected chi connectivity index (χ1v) is 7.09. The fourth-order valence-electron chi connectivity index (χ4n) is 2.00. The molecule has 0 unspecified atom stereocenters. The smallest absolute Gasteiger partial charge is 0.433 e. The Morgan fingerprint density at radius 2 is 1.92 bits per heavy atom. The highest BCUT2D eigenvalue weighted by Crippen LogP contribution is 2.31. The van der Waals surface area contributed by atoms with Crippen LogP contribution in [0.3, 0.4) is 0 Å². The number of ether oxygens (including phenoxy) is 1. The van der Waals surface area contributed by atoms with E-state index in [0.717, 1.165) is 6.07 Å². The molecule has 128 valence electrons. The monoisotopic (exact) mass is 347 g/mol. The number of methoxy groups -OCH3 is 1. The fraction of sp³-hybridized carbons (Fsp3) is 0.125. The molecule has 25 heavy (non-hydrogen) atoms. The molecule has 0 saturated carbocycles. The summed E-state index contributed by atoms with van der Waals surface area (Å²) >= 11 is 0. The Bertz CT molecular complexity index is 854. The third-order valence-corrected chi connectivity index (χ3v) is 3.15. The van der Waals surface area contributed by atoms with Gasteiger partial charge in [0.2, 0.25) is 5.88 Å². The second-order valence-electron chi connectivity index (χ2n) is 4.92. The van der Waals surface area contributed by atoms with Gasteiger partial charge in [-0.15, -0.1) is 0 Å². The van der Waals surface area contributed by atoms with Gasteiger partial charge in [0, 0.05) is 30.1 Å². The van der Waals surface area contributed by atoms with Crippen LogP contribution in [0.4, 0.5) is 24.7 Å². The molecule has 3 rings (SSSR count). The lowest BCUT2D eigenvalue weighted by Gasteiger charge is -2.12. The van der Waals surface area contributed by atoms with Crippen molar-refractivity contribution in [3.63, 3.8) is 0 Å². The maximum absolute atomic E-state index is 13.1. The zero-order valence-electron chi connectivity index (χ0n) is 12.9. The Labute approximate surface area is 140 Å². The number of alkyl halides is 3. The van der Waals surface area contributed by atoms with Gasteiger partial charge >= 0.3 is 6.18 Å². The molecular weight excluding hydrogens is 335 g/mol. The van der Waals surface area contributed by atoms with Crippen LogP contribution in [-0.2, 0) is 6.18 Å². The number of anilines is 2. The van der Waals surface area contributed by atoms with Gasteiger partial charge in [-0.1, -0.05) is 0 Å². The summed E-state index contributed by atoms with van der Waals surface area (Å²) in [5.41, 5.74) is -0.209. The molecule has 0 amide bonds. The van der Waals surface area contributed by atoms with Crippen molar-refractivity contribution in [3.05, 3.63) is 54.6 Å². The standard InChI is InChI=1S/C16H12F3N5O/c1-25-14-5-4-11(9-21-14)22-13-7-12(16(17,18)19)23-15(24-13)10-3-2-6-20-8-10/h2-9H,1H3,(H,22,23,24). The zero-order valence-corrected chi connectivity index (χ0v) is 12.9. The predicted octanol–water partition coefficient (Wildman–Crippen LogP) is 3.70. The minimum absolute atomic E-state index is 0.00635. The molecule has 6 nitrogen and oxygen atoms in total. The Kier molecular flexibility index (Phi) is 4.46. The van der Waals surface area contributed by atoms with E-state index in [1.807, 2.05) is 0 Å². The van der Waals surface area contributed by atoms with E-state index in [9.17, 15) is 13.2 Å². The van der Waals surface area contributed by atoms with Crippen molar-refractivity contribution in [1.82, 2.24) is 19.9 Å². The van der Waals surface area contributed by atoms with Crippen LogP contribution in [0.25, 0.3) is 11.4 Å². The van der Waals surface area contributed by atoms with E-state index in [-0.39, 0.29) is 11.6 Å². The number of halogens is 3. The van der Waals surface area contributed by atoms with Gasteiger partial charge in [0.05, 0.1) is 19.0 Å². The molecule has 0 aliphatic heterocycles. The van der Waals surface area contributed by atoms with Crippen LogP contribution < -0.4 is 10.1 Å². The van der Waals surface area contributed by atoms with Crippen LogP contribution in [0.2, 0.25) is 0 Å². The number of nitrogens with zero attached hydrogens (tertiary/aromatic N) is 4. The average molecular weight is 347 g/mol. The first-order valence-electron chi connectivity index (χ1n) is 7.09. The molecule has 0 radical (unpaired) electrons. The molecule has 9 heteroatoms. The molecule has 0 atom stereocenters. The molecular formula is C16H12F3N5O. The van der Waals surface area contributed by atoms with Gasteiger partial charge in [-0.25, -0.2) is 15.0 Å². The number of aromatic nitrogens is 4. The molecule has 0 spiro atoms. The summed E-state index contributed by atoms with van der Waals surface area (Å²) in [4.78, 5) is 15.6. The quantitative estimate of drug-likeness (QED) is 0.776. The molecule has 0 saturated heterocycles. The zero-order chi connectivity index (χ0) is 17.9. The first-order chi connectivity index (χ1) is 12.0. The van der Waals surface area contributed by atoms with E-state index in [2.05, 4.69) is 25.3 Å². The van der Waals surface area contributed by atoms with Gasteiger partial charge in [0.1, 0.15) is 5.82 Å². The normalized spacial score (nSPS) is 11.2. The molecule has 0 fully saturated rings. The van der Waals surface area contributed by atoms with Crippen LogP contribution in [0.1, 0.15) is 5.69 Å². The van der Waals surface area contributed by atoms with Crippen molar-refractivity contribution in [1.29, 1.82) is 0 Å². The number of pyridine rings is 2. The van der Waals surface area contributed by atoms with Crippen LogP contribution in [0, 0.1) is 0 Å². The number of hydrogen-bond acceptors (Lipinski definition) is 6. The van der Waals surface area contributed by atoms with Gasteiger partial charge in [0.25, 0.3) is 0 Å². The third-order valence-electron chi connectivity index (χ3n) is 3.15. The predicted molar refractivity (Wildman–Crippen MR) is 84.3 cm³/mol. The van der Waals surface area contributed by atoms with Crippen molar-refractivity contribution in [2.24, 2.45) is 0 Å². The summed E-state index contributed by atoms with van der Waals surface area (Å²) in [5, 5.41) is 2.79. The summed E-state index contributed by atoms with van der Waals surface area (Å²) in [6.07, 6.45) is -0.264. The van der Waals surface area contributed by atoms with Crippen LogP contribution in [0.5, 0.6) is 5.88 Å². The van der Waals surface area contributed by atoms with Crippen molar-refractivity contribution in [2.45, 2.75) is 6.18 Å². The van der Waals surface area contributed by atoms with Gasteiger partial charge in [-0.2, -0.15) is 13.2 Å². The van der Waals surface area contributed by atoms with Crippen LogP contribution in [-0.4, -0.2) is 27.0 Å². The Morgan fingerprint density at radius 3 is 2.52 bits per heavy atom. The van der Waals surface area contributed by atoms with Gasteiger partial charge in [-0.3, -0.25) is 4.98 Å². The van der Waals surface area contributed by atoms with Crippen LogP contribution in [0.15, 0.2) is 48.9 Å². The lowest BCUT2D eigenvalue weighted by molar-refractivity contribution is -0.141. The average Bonchev–Trinajstić information content (AvgIpc) is 2.62. The highest BCUT2D eigenvalue weighted by Gasteiger charge is 2.33. The maximum Gasteiger partial charge on any atom is 0.433 e. The van der Waals surface area contributed by atoms with Crippen molar-refractivity contribution in [3.8, 4) is 17.3 Å². The molecule has 3 aromatic heterocycles. The van der Waals surface area contributed by atoms with E-state index in [1.165, 1.54) is 25.7 Å². The number of hydrogen-bond donors (Lipinski definition) is 1. The Hall–Kier alpha value is -3.23. The summed E-state index contributed by atoms with van der Waals surface area (Å²) < 4.78 is 44.4. The lowest BCUT2D eigenvalue weighted by Crippen LogP contribution is -2.11. The number of rotatable bonds is 4. The summed E-state index contributed by atoms with van der Waals surface area (Å²) in [6.45, 7) is 0. The minimum Gasteiger partial charge on any atom is -0.481 e. The molecule has 0 aromatic carbocycles. The maximum atomic E-state index is 13.1. The Balaban J connectivity index is 2.00. The summed E-state index contributed by atoms with van der Waals surface area (Å²) in [5.74, 6) is 0.306. The second-order valence-corrected chi connectivity index (χ2v) is 4.92. The molecule has 0 bridgehead atoms. The van der Waals surface area contributed by atoms with Crippen molar-refractivity contribution in [2.75, 3.05) is 12.4 Å². The third kappa shape index (κ3) is 4.00. The van der Waals surface area contributed by atoms with E-state index in [4.69, 9.17) is 4.74 Å². The topological polar surface area (TPSA) is 72.8 Å². The molecule has 3 heterocycles. The SMILES string of the molecule is COc1ccc(Nc2cc(C(F)(F)F)nc(-c3cccnc3)n2)cn1. The molecule has 3 aromatic rings. The molecule has 0 aliphatic rings. The van der Waals surface area contributed by atoms with Crippen LogP contribution >= 0.6 is 0 Å². The fourth-order valence-corrected chi connectivity index (χ4v) is 2.00. The summed E-state index contributed by atoms with van der Waals surface area (Å²) in [6, 6.07) is 7.21. The van der Waals surface area contributed by atoms with Gasteiger partial charge in [0.15, 0.2) is 11.5 Å². The van der Waals surface area contributed by atoms with E-state index >= 15 is 0 Å². The first kappa shape index (κ1) is 16.6. The van der Waals surface area contributed by atoms with E-state index in [0.29, 0.717) is 17.1 Å². The van der Waals surface area contributed by atoms with Gasteiger partial charge < -0.3 is 10.1 Å². The highest BCUT2D eigenvalue weighted by atomic mass is 19.4. The van der Waals surface area contributed by atoms with E-state index in [1.54, 1.807) is 24.3 Å². The van der Waals surface area contributed by atoms with Gasteiger partial charge in [-0.05, 0) is 18.2 Å². The minimum atomic E-state index is -4.60. The molecule has 1 N–H and O–H groups in total. The largest absolute Gasteiger partial charge is 0.481 e. The van der Waals surface area contributed by atoms with Crippen molar-refractivity contribution < 1.29 is 17.9 Å². The second kappa shape index (κ2) is 6.71. The lowest BCUT2D eigenvalue weighted by atomic mass is 10.2. The highest BCUT2D eigenvalue weighted by molar-refractivity contribution is 5.61. The number of nitrogens with one attached hydrogen (secondary N) is 1. The Morgan fingerprint density at radius 1 is 1.08 bits per heavy atom. The van der Waals surface area contributed by atoms with E-state index < -0.39 is 11.9 Å². The molecule has 0 aliphatic carbocycles. The van der Waals surface area contributed by atoms with Crippen molar-refractivity contribution >= 4 is 11.5 Å². The summed E-state index contributed by atoms with van der Waals surface area (Å²) in [7, 11) is 1.47.